The van der Waals surface area contributed by atoms with Crippen molar-refractivity contribution in [3.63, 3.8) is 0 Å². The van der Waals surface area contributed by atoms with Crippen LogP contribution in [0, 0.1) is 5.41 Å². The molecule has 2 saturated heterocycles. The van der Waals surface area contributed by atoms with Crippen LogP contribution < -0.4 is 5.32 Å². The van der Waals surface area contributed by atoms with Crippen LogP contribution in [-0.2, 0) is 0 Å². The van der Waals surface area contributed by atoms with E-state index in [1.165, 1.54) is 4.90 Å². The van der Waals surface area contributed by atoms with Gasteiger partial charge in [-0.1, -0.05) is 13.8 Å². The number of hydrogen-bond acceptors (Lipinski definition) is 2. The summed E-state index contributed by atoms with van der Waals surface area (Å²) in [5.74, 6) is 0.819. The van der Waals surface area contributed by atoms with Crippen molar-refractivity contribution in [1.82, 2.24) is 15.1 Å². The molecule has 2 fully saturated rings. The average Bonchev–Trinajstić information content (AvgIpc) is 2.90. The van der Waals surface area contributed by atoms with E-state index in [1.807, 2.05) is 0 Å². The van der Waals surface area contributed by atoms with Gasteiger partial charge in [0.2, 0.25) is 0 Å². The Bertz CT molecular complexity index is 392. The lowest BCUT2D eigenvalue weighted by molar-refractivity contribution is -0.143. The Balaban J connectivity index is 1.84. The third-order valence-electron chi connectivity index (χ3n) is 4.20. The number of likely N-dealkylation sites (tertiary alicyclic amines) is 2. The maximum Gasteiger partial charge on any atom is 0.401 e. The van der Waals surface area contributed by atoms with E-state index in [9.17, 15) is 13.2 Å². The molecular formula is C14H25F3N4. The van der Waals surface area contributed by atoms with E-state index < -0.39 is 12.7 Å². The van der Waals surface area contributed by atoms with E-state index in [-0.39, 0.29) is 11.5 Å². The average molecular weight is 306 g/mol. The van der Waals surface area contributed by atoms with E-state index in [2.05, 4.69) is 29.1 Å². The monoisotopic (exact) mass is 306 g/mol. The van der Waals surface area contributed by atoms with E-state index in [0.29, 0.717) is 13.1 Å². The Kier molecular flexibility index (Phi) is 4.70. The molecule has 2 aliphatic rings. The molecule has 0 amide bonds. The Morgan fingerprint density at radius 3 is 2.57 bits per heavy atom. The van der Waals surface area contributed by atoms with Crippen molar-refractivity contribution in [3.8, 4) is 0 Å². The highest BCUT2D eigenvalue weighted by Crippen LogP contribution is 2.29. The summed E-state index contributed by atoms with van der Waals surface area (Å²) in [7, 11) is 1.73. The smallest absolute Gasteiger partial charge is 0.352 e. The highest BCUT2D eigenvalue weighted by molar-refractivity contribution is 5.80. The van der Waals surface area contributed by atoms with Crippen molar-refractivity contribution in [1.29, 1.82) is 0 Å². The van der Waals surface area contributed by atoms with E-state index in [4.69, 9.17) is 0 Å². The van der Waals surface area contributed by atoms with Crippen molar-refractivity contribution >= 4 is 5.96 Å². The second-order valence-electron chi connectivity index (χ2n) is 6.86. The van der Waals surface area contributed by atoms with Gasteiger partial charge >= 0.3 is 6.18 Å². The van der Waals surface area contributed by atoms with Gasteiger partial charge in [0.15, 0.2) is 5.96 Å². The van der Waals surface area contributed by atoms with Gasteiger partial charge in [0.25, 0.3) is 0 Å². The Morgan fingerprint density at radius 2 is 2.05 bits per heavy atom. The maximum absolute atomic E-state index is 12.4. The van der Waals surface area contributed by atoms with Gasteiger partial charge in [0.05, 0.1) is 6.54 Å². The van der Waals surface area contributed by atoms with Crippen LogP contribution in [0.5, 0.6) is 0 Å². The molecule has 0 aromatic heterocycles. The number of nitrogens with zero attached hydrogens (tertiary/aromatic N) is 3. The summed E-state index contributed by atoms with van der Waals surface area (Å²) in [6, 6.07) is 0.0507. The quantitative estimate of drug-likeness (QED) is 0.625. The number of aliphatic imine (C=N–C) groups is 1. The molecule has 0 aromatic carbocycles. The van der Waals surface area contributed by atoms with Crippen molar-refractivity contribution in [2.45, 2.75) is 38.9 Å². The lowest BCUT2D eigenvalue weighted by Gasteiger charge is -2.26. The van der Waals surface area contributed by atoms with Gasteiger partial charge in [-0.05, 0) is 18.3 Å². The highest BCUT2D eigenvalue weighted by atomic mass is 19.4. The first-order chi connectivity index (χ1) is 9.68. The largest absolute Gasteiger partial charge is 0.401 e. The first-order valence-corrected chi connectivity index (χ1v) is 7.46. The molecule has 21 heavy (non-hydrogen) atoms. The van der Waals surface area contributed by atoms with Crippen LogP contribution >= 0.6 is 0 Å². The van der Waals surface area contributed by atoms with Gasteiger partial charge in [-0.3, -0.25) is 9.89 Å². The number of nitrogens with one attached hydrogen (secondary N) is 1. The molecule has 0 saturated carbocycles. The zero-order valence-corrected chi connectivity index (χ0v) is 13.0. The zero-order valence-electron chi connectivity index (χ0n) is 13.0. The fourth-order valence-corrected chi connectivity index (χ4v) is 3.12. The Labute approximate surface area is 124 Å². The first-order valence-electron chi connectivity index (χ1n) is 7.46. The SMILES string of the molecule is CN=C(NC1CCN(CC(F)(F)F)C1)N1CCC(C)(C)C1. The van der Waals surface area contributed by atoms with E-state index in [0.717, 1.165) is 31.9 Å². The fourth-order valence-electron chi connectivity index (χ4n) is 3.12. The summed E-state index contributed by atoms with van der Waals surface area (Å²) >= 11 is 0. The minimum Gasteiger partial charge on any atom is -0.352 e. The van der Waals surface area contributed by atoms with Crippen molar-refractivity contribution < 1.29 is 13.2 Å². The molecular weight excluding hydrogens is 281 g/mol. The lowest BCUT2D eigenvalue weighted by atomic mass is 9.93. The standard InChI is InChI=1S/C14H25F3N4/c1-13(2)5-7-21(9-13)12(18-3)19-11-4-6-20(8-11)10-14(15,16)17/h11H,4-10H2,1-3H3,(H,18,19). The minimum atomic E-state index is -4.12. The summed E-state index contributed by atoms with van der Waals surface area (Å²) in [6.45, 7) is 6.43. The maximum atomic E-state index is 12.4. The van der Waals surface area contributed by atoms with Crippen LogP contribution in [0.3, 0.4) is 0 Å². The predicted molar refractivity (Wildman–Crippen MR) is 77.4 cm³/mol. The molecule has 2 heterocycles. The predicted octanol–water partition coefficient (Wildman–Crippen LogP) is 1.93. The van der Waals surface area contributed by atoms with Crippen LogP contribution in [0.15, 0.2) is 4.99 Å². The number of hydrogen-bond donors (Lipinski definition) is 1. The van der Waals surface area contributed by atoms with Gasteiger partial charge < -0.3 is 10.2 Å². The third kappa shape index (κ3) is 4.76. The summed E-state index contributed by atoms with van der Waals surface area (Å²) in [6.07, 6.45) is -2.28. The third-order valence-corrected chi connectivity index (χ3v) is 4.20. The van der Waals surface area contributed by atoms with Gasteiger partial charge in [0.1, 0.15) is 0 Å². The molecule has 2 aliphatic heterocycles. The van der Waals surface area contributed by atoms with Gasteiger partial charge in [0, 0.05) is 39.3 Å². The number of rotatable bonds is 2. The first kappa shape index (κ1) is 16.4. The number of halogens is 3. The lowest BCUT2D eigenvalue weighted by Crippen LogP contribution is -2.46. The summed E-state index contributed by atoms with van der Waals surface area (Å²) in [4.78, 5) is 7.95. The van der Waals surface area contributed by atoms with Crippen molar-refractivity contribution in [2.24, 2.45) is 10.4 Å². The normalized spacial score (nSPS) is 27.4. The second kappa shape index (κ2) is 6.02. The van der Waals surface area contributed by atoms with E-state index in [1.54, 1.807) is 7.05 Å². The molecule has 122 valence electrons. The molecule has 2 rings (SSSR count). The van der Waals surface area contributed by atoms with Crippen LogP contribution in [0.2, 0.25) is 0 Å². The zero-order chi connectivity index (χ0) is 15.7. The molecule has 1 unspecified atom stereocenters. The van der Waals surface area contributed by atoms with Crippen molar-refractivity contribution in [2.75, 3.05) is 39.8 Å². The molecule has 4 nitrogen and oxygen atoms in total. The molecule has 0 aromatic rings. The molecule has 7 heteroatoms. The molecule has 1 atom stereocenters. The van der Waals surface area contributed by atoms with Crippen LogP contribution in [0.25, 0.3) is 0 Å². The highest BCUT2D eigenvalue weighted by Gasteiger charge is 2.36. The minimum absolute atomic E-state index is 0.0507. The molecule has 1 N–H and O–H groups in total. The number of alkyl halides is 3. The Morgan fingerprint density at radius 1 is 1.33 bits per heavy atom. The van der Waals surface area contributed by atoms with Crippen LogP contribution in [-0.4, -0.2) is 67.7 Å². The van der Waals surface area contributed by atoms with Gasteiger partial charge in [-0.2, -0.15) is 13.2 Å². The molecule has 0 aliphatic carbocycles. The molecule has 0 bridgehead atoms. The summed E-state index contributed by atoms with van der Waals surface area (Å²) in [5.41, 5.74) is 0.273. The summed E-state index contributed by atoms with van der Waals surface area (Å²) < 4.78 is 37.2. The van der Waals surface area contributed by atoms with Crippen LogP contribution in [0.4, 0.5) is 13.2 Å². The summed E-state index contributed by atoms with van der Waals surface area (Å²) in [5, 5.41) is 3.33. The fraction of sp³-hybridized carbons (Fsp3) is 0.929. The second-order valence-corrected chi connectivity index (χ2v) is 6.86. The van der Waals surface area contributed by atoms with Crippen LogP contribution in [0.1, 0.15) is 26.7 Å². The molecule has 0 spiro atoms. The number of guanidine groups is 1. The molecule has 0 radical (unpaired) electrons. The Hall–Kier alpha value is -0.980. The van der Waals surface area contributed by atoms with Gasteiger partial charge in [-0.25, -0.2) is 0 Å². The van der Waals surface area contributed by atoms with Crippen molar-refractivity contribution in [3.05, 3.63) is 0 Å². The van der Waals surface area contributed by atoms with Gasteiger partial charge in [-0.15, -0.1) is 0 Å². The topological polar surface area (TPSA) is 30.9 Å². The van der Waals surface area contributed by atoms with E-state index >= 15 is 0 Å².